The molecule has 0 saturated heterocycles. The van der Waals surface area contributed by atoms with E-state index in [2.05, 4.69) is 37.4 Å². The molecule has 0 saturated carbocycles. The molecule has 2 aromatic carbocycles. The molecule has 0 radical (unpaired) electrons. The second kappa shape index (κ2) is 8.61. The van der Waals surface area contributed by atoms with Crippen molar-refractivity contribution in [3.8, 4) is 0 Å². The van der Waals surface area contributed by atoms with E-state index in [1.807, 2.05) is 40.9 Å². The molecule has 4 nitrogen and oxygen atoms in total. The number of benzene rings is 2. The molecule has 1 N–H and O–H groups in total. The number of anilines is 1. The average Bonchev–Trinajstić information content (AvgIpc) is 2.62. The summed E-state index contributed by atoms with van der Waals surface area (Å²) in [5, 5.41) is 3.53. The van der Waals surface area contributed by atoms with Crippen LogP contribution in [0.3, 0.4) is 0 Å². The van der Waals surface area contributed by atoms with Crippen molar-refractivity contribution in [1.29, 1.82) is 0 Å². The number of nitrogens with zero attached hydrogens (tertiary/aromatic N) is 1. The zero-order chi connectivity index (χ0) is 19.4. The monoisotopic (exact) mass is 382 g/mol. The number of carbonyl (C=O) groups is 2. The smallest absolute Gasteiger partial charge is 0.228 e. The highest BCUT2D eigenvalue weighted by Crippen LogP contribution is 2.24. The van der Waals surface area contributed by atoms with E-state index in [4.69, 9.17) is 0 Å². The van der Waals surface area contributed by atoms with Gasteiger partial charge in [-0.25, -0.2) is 0 Å². The van der Waals surface area contributed by atoms with Gasteiger partial charge in [-0.2, -0.15) is 0 Å². The Morgan fingerprint density at radius 2 is 1.85 bits per heavy atom. The fourth-order valence-electron chi connectivity index (χ4n) is 3.25. The number of amides is 2. The van der Waals surface area contributed by atoms with E-state index in [9.17, 15) is 9.59 Å². The molecule has 0 spiro atoms. The van der Waals surface area contributed by atoms with Gasteiger partial charge in [-0.15, -0.1) is 11.8 Å². The molecule has 3 rings (SSSR count). The summed E-state index contributed by atoms with van der Waals surface area (Å²) in [6.07, 6.45) is 1.22. The first-order valence-corrected chi connectivity index (χ1v) is 10.2. The number of rotatable bonds is 5. The van der Waals surface area contributed by atoms with Gasteiger partial charge in [0.25, 0.3) is 0 Å². The molecule has 2 amide bonds. The van der Waals surface area contributed by atoms with Gasteiger partial charge in [0.15, 0.2) is 0 Å². The Morgan fingerprint density at radius 1 is 1.11 bits per heavy atom. The van der Waals surface area contributed by atoms with Gasteiger partial charge in [0.05, 0.1) is 6.42 Å². The fraction of sp³-hybridized carbons (Fsp3) is 0.364. The lowest BCUT2D eigenvalue weighted by atomic mass is 9.99. The van der Waals surface area contributed by atoms with Crippen LogP contribution >= 0.6 is 11.8 Å². The van der Waals surface area contributed by atoms with E-state index in [0.29, 0.717) is 18.2 Å². The third kappa shape index (κ3) is 5.36. The van der Waals surface area contributed by atoms with Crippen LogP contribution < -0.4 is 5.32 Å². The first-order chi connectivity index (χ1) is 12.9. The van der Waals surface area contributed by atoms with Crippen LogP contribution in [-0.4, -0.2) is 28.5 Å². The first kappa shape index (κ1) is 19.5. The standard InChI is InChI=1S/C22H26N2O2S/c1-15(2)27-21-8-4-17(5-9-21)12-22(26)23-20-7-6-18-10-11-24(16(3)25)14-19(18)13-20/h4-9,13,15H,10-12,14H2,1-3H3,(H,23,26). The molecule has 0 atom stereocenters. The summed E-state index contributed by atoms with van der Waals surface area (Å²) in [6, 6.07) is 14.2. The molecule has 1 aliphatic rings. The van der Waals surface area contributed by atoms with E-state index >= 15 is 0 Å². The molecule has 1 heterocycles. The Bertz CT molecular complexity index is 831. The predicted octanol–water partition coefficient (Wildman–Crippen LogP) is 4.27. The number of carbonyl (C=O) groups excluding carboxylic acids is 2. The highest BCUT2D eigenvalue weighted by Gasteiger charge is 2.18. The van der Waals surface area contributed by atoms with Crippen molar-refractivity contribution in [2.45, 2.75) is 50.3 Å². The van der Waals surface area contributed by atoms with Gasteiger partial charge in [-0.05, 0) is 47.4 Å². The molecule has 0 bridgehead atoms. The highest BCUT2D eigenvalue weighted by molar-refractivity contribution is 7.99. The maximum absolute atomic E-state index is 12.4. The normalized spacial score (nSPS) is 13.4. The van der Waals surface area contributed by atoms with Gasteiger partial charge >= 0.3 is 0 Å². The Morgan fingerprint density at radius 3 is 2.52 bits per heavy atom. The molecule has 2 aromatic rings. The minimum Gasteiger partial charge on any atom is -0.338 e. The lowest BCUT2D eigenvalue weighted by Gasteiger charge is -2.28. The quantitative estimate of drug-likeness (QED) is 0.786. The van der Waals surface area contributed by atoms with E-state index < -0.39 is 0 Å². The first-order valence-electron chi connectivity index (χ1n) is 9.33. The Balaban J connectivity index is 1.61. The minimum atomic E-state index is -0.0292. The van der Waals surface area contributed by atoms with Gasteiger partial charge in [-0.1, -0.05) is 32.0 Å². The van der Waals surface area contributed by atoms with Crippen molar-refractivity contribution in [3.05, 3.63) is 59.2 Å². The van der Waals surface area contributed by atoms with Crippen molar-refractivity contribution in [1.82, 2.24) is 4.90 Å². The Labute approximate surface area is 165 Å². The maximum atomic E-state index is 12.4. The van der Waals surface area contributed by atoms with E-state index in [1.54, 1.807) is 6.92 Å². The van der Waals surface area contributed by atoms with Crippen molar-refractivity contribution in [2.75, 3.05) is 11.9 Å². The summed E-state index contributed by atoms with van der Waals surface area (Å²) in [4.78, 5) is 27.1. The second-order valence-electron chi connectivity index (χ2n) is 7.21. The van der Waals surface area contributed by atoms with E-state index in [0.717, 1.165) is 29.8 Å². The summed E-state index contributed by atoms with van der Waals surface area (Å²) >= 11 is 1.82. The maximum Gasteiger partial charge on any atom is 0.228 e. The Hall–Kier alpha value is -2.27. The average molecular weight is 383 g/mol. The van der Waals surface area contributed by atoms with E-state index in [1.165, 1.54) is 10.5 Å². The topological polar surface area (TPSA) is 49.4 Å². The molecular weight excluding hydrogens is 356 g/mol. The predicted molar refractivity (Wildman–Crippen MR) is 111 cm³/mol. The van der Waals surface area contributed by atoms with Crippen molar-refractivity contribution >= 4 is 29.3 Å². The van der Waals surface area contributed by atoms with Crippen LogP contribution in [0, 0.1) is 0 Å². The number of fused-ring (bicyclic) bond motifs is 1. The lowest BCUT2D eigenvalue weighted by Crippen LogP contribution is -2.34. The molecular formula is C22H26N2O2S. The van der Waals surface area contributed by atoms with Gasteiger partial charge in [0, 0.05) is 35.8 Å². The SMILES string of the molecule is CC(=O)N1CCc2ccc(NC(=O)Cc3ccc(SC(C)C)cc3)cc2C1. The number of hydrogen-bond acceptors (Lipinski definition) is 3. The summed E-state index contributed by atoms with van der Waals surface area (Å²) in [5.74, 6) is 0.0626. The summed E-state index contributed by atoms with van der Waals surface area (Å²) < 4.78 is 0. The summed E-state index contributed by atoms with van der Waals surface area (Å²) in [7, 11) is 0. The molecule has 27 heavy (non-hydrogen) atoms. The molecule has 142 valence electrons. The van der Waals surface area contributed by atoms with Gasteiger partial charge in [-0.3, -0.25) is 9.59 Å². The third-order valence-electron chi connectivity index (χ3n) is 4.61. The van der Waals surface area contributed by atoms with Crippen molar-refractivity contribution in [3.63, 3.8) is 0 Å². The minimum absolute atomic E-state index is 0.0292. The molecule has 0 aromatic heterocycles. The molecule has 0 unspecified atom stereocenters. The number of thioether (sulfide) groups is 1. The highest BCUT2D eigenvalue weighted by atomic mass is 32.2. The van der Waals surface area contributed by atoms with Crippen molar-refractivity contribution in [2.24, 2.45) is 0 Å². The number of nitrogens with one attached hydrogen (secondary N) is 1. The molecule has 0 fully saturated rings. The third-order valence-corrected chi connectivity index (χ3v) is 5.62. The van der Waals surface area contributed by atoms with Crippen LogP contribution in [0.25, 0.3) is 0 Å². The Kier molecular flexibility index (Phi) is 6.22. The van der Waals surface area contributed by atoms with E-state index in [-0.39, 0.29) is 11.8 Å². The van der Waals surface area contributed by atoms with Crippen LogP contribution in [0.2, 0.25) is 0 Å². The fourth-order valence-corrected chi connectivity index (χ4v) is 4.09. The summed E-state index contributed by atoms with van der Waals surface area (Å²) in [6.45, 7) is 7.31. The molecule has 0 aliphatic carbocycles. The van der Waals surface area contributed by atoms with Crippen molar-refractivity contribution < 1.29 is 9.59 Å². The van der Waals surface area contributed by atoms with Crippen LogP contribution in [0.15, 0.2) is 47.4 Å². The lowest BCUT2D eigenvalue weighted by molar-refractivity contribution is -0.129. The van der Waals surface area contributed by atoms with Crippen LogP contribution in [-0.2, 0) is 29.0 Å². The van der Waals surface area contributed by atoms with Gasteiger partial charge < -0.3 is 10.2 Å². The largest absolute Gasteiger partial charge is 0.338 e. The summed E-state index contributed by atoms with van der Waals surface area (Å²) in [5.41, 5.74) is 4.16. The zero-order valence-corrected chi connectivity index (χ0v) is 16.9. The second-order valence-corrected chi connectivity index (χ2v) is 8.86. The van der Waals surface area contributed by atoms with Gasteiger partial charge in [0.1, 0.15) is 0 Å². The molecule has 1 aliphatic heterocycles. The zero-order valence-electron chi connectivity index (χ0n) is 16.1. The van der Waals surface area contributed by atoms with Crippen LogP contribution in [0.1, 0.15) is 37.5 Å². The van der Waals surface area contributed by atoms with Crippen LogP contribution in [0.5, 0.6) is 0 Å². The number of hydrogen-bond donors (Lipinski definition) is 1. The van der Waals surface area contributed by atoms with Gasteiger partial charge in [0.2, 0.25) is 11.8 Å². The van der Waals surface area contributed by atoms with Crippen LogP contribution in [0.4, 0.5) is 5.69 Å². The molecule has 5 heteroatoms.